The van der Waals surface area contributed by atoms with Crippen molar-refractivity contribution in [3.05, 3.63) is 71.8 Å². The third-order valence-electron chi connectivity index (χ3n) is 3.67. The van der Waals surface area contributed by atoms with Crippen LogP contribution in [0.2, 0.25) is 0 Å². The molecule has 0 aliphatic carbocycles. The molecule has 0 aliphatic rings. The highest BCUT2D eigenvalue weighted by Gasteiger charge is 2.22. The van der Waals surface area contributed by atoms with E-state index in [4.69, 9.17) is 0 Å². The number of sulfone groups is 1. The van der Waals surface area contributed by atoms with Crippen LogP contribution in [0, 0.1) is 18.3 Å². The zero-order valence-corrected chi connectivity index (χ0v) is 12.8. The van der Waals surface area contributed by atoms with Gasteiger partial charge in [-0.05, 0) is 41.5 Å². The Bertz CT molecular complexity index is 1010. The van der Waals surface area contributed by atoms with Gasteiger partial charge in [0.1, 0.15) is 6.07 Å². The van der Waals surface area contributed by atoms with Gasteiger partial charge in [0.25, 0.3) is 0 Å². The Morgan fingerprint density at radius 1 is 0.909 bits per heavy atom. The fraction of sp³-hybridized carbons (Fsp3) is 0.0556. The van der Waals surface area contributed by atoms with Crippen LogP contribution in [0.15, 0.2) is 70.5 Å². The second kappa shape index (κ2) is 5.28. The van der Waals surface area contributed by atoms with Crippen LogP contribution in [-0.4, -0.2) is 8.42 Å². The molecule has 0 spiro atoms. The standard InChI is InChI=1S/C18H13NO2S/c1-13-5-4-8-18(17(13)12-19)22(20,21)16-10-9-14-6-2-3-7-15(14)11-16/h2-11H,1H3. The summed E-state index contributed by atoms with van der Waals surface area (Å²) in [6, 6.07) is 19.5. The van der Waals surface area contributed by atoms with Crippen LogP contribution in [0.25, 0.3) is 10.8 Å². The highest BCUT2D eigenvalue weighted by atomic mass is 32.2. The Kier molecular flexibility index (Phi) is 3.44. The van der Waals surface area contributed by atoms with Crippen molar-refractivity contribution >= 4 is 20.6 Å². The van der Waals surface area contributed by atoms with E-state index >= 15 is 0 Å². The van der Waals surface area contributed by atoms with Gasteiger partial charge in [-0.15, -0.1) is 0 Å². The molecule has 0 bridgehead atoms. The number of aryl methyl sites for hydroxylation is 1. The molecule has 0 aromatic heterocycles. The number of benzene rings is 3. The molecule has 0 saturated carbocycles. The van der Waals surface area contributed by atoms with E-state index in [9.17, 15) is 13.7 Å². The first-order valence-electron chi connectivity index (χ1n) is 6.77. The second-order valence-corrected chi connectivity index (χ2v) is 6.99. The van der Waals surface area contributed by atoms with Crippen LogP contribution in [0.3, 0.4) is 0 Å². The molecule has 0 unspecified atom stereocenters. The topological polar surface area (TPSA) is 57.9 Å². The number of nitrogens with zero attached hydrogens (tertiary/aromatic N) is 1. The molecule has 0 atom stereocenters. The molecular formula is C18H13NO2S. The van der Waals surface area contributed by atoms with E-state index in [1.54, 1.807) is 37.3 Å². The minimum Gasteiger partial charge on any atom is -0.218 e. The van der Waals surface area contributed by atoms with Gasteiger partial charge < -0.3 is 0 Å². The number of hydrogen-bond acceptors (Lipinski definition) is 3. The van der Waals surface area contributed by atoms with Crippen molar-refractivity contribution in [2.45, 2.75) is 16.7 Å². The van der Waals surface area contributed by atoms with Gasteiger partial charge in [-0.1, -0.05) is 42.5 Å². The first kappa shape index (κ1) is 14.3. The molecule has 0 aliphatic heterocycles. The first-order valence-corrected chi connectivity index (χ1v) is 8.26. The summed E-state index contributed by atoms with van der Waals surface area (Å²) in [6.07, 6.45) is 0. The van der Waals surface area contributed by atoms with Crippen molar-refractivity contribution in [1.29, 1.82) is 5.26 Å². The molecule has 3 rings (SSSR count). The lowest BCUT2D eigenvalue weighted by molar-refractivity contribution is 0.596. The molecule has 108 valence electrons. The van der Waals surface area contributed by atoms with E-state index in [2.05, 4.69) is 0 Å². The molecule has 0 heterocycles. The zero-order valence-electron chi connectivity index (χ0n) is 11.9. The predicted molar refractivity (Wildman–Crippen MR) is 85.3 cm³/mol. The largest absolute Gasteiger partial charge is 0.218 e. The molecule has 0 N–H and O–H groups in total. The van der Waals surface area contributed by atoms with Crippen molar-refractivity contribution in [3.63, 3.8) is 0 Å². The maximum atomic E-state index is 12.9. The highest BCUT2D eigenvalue weighted by molar-refractivity contribution is 7.91. The molecule has 0 amide bonds. The highest BCUT2D eigenvalue weighted by Crippen LogP contribution is 2.28. The average Bonchev–Trinajstić information content (AvgIpc) is 2.54. The lowest BCUT2D eigenvalue weighted by Crippen LogP contribution is -2.05. The van der Waals surface area contributed by atoms with Gasteiger partial charge >= 0.3 is 0 Å². The van der Waals surface area contributed by atoms with Crippen LogP contribution in [0.4, 0.5) is 0 Å². The summed E-state index contributed by atoms with van der Waals surface area (Å²) < 4.78 is 25.7. The molecule has 3 aromatic rings. The van der Waals surface area contributed by atoms with Crippen molar-refractivity contribution in [2.75, 3.05) is 0 Å². The minimum absolute atomic E-state index is 0.0604. The molecule has 0 radical (unpaired) electrons. The lowest BCUT2D eigenvalue weighted by atomic mass is 10.1. The average molecular weight is 307 g/mol. The van der Waals surface area contributed by atoms with Crippen molar-refractivity contribution in [1.82, 2.24) is 0 Å². The zero-order chi connectivity index (χ0) is 15.7. The van der Waals surface area contributed by atoms with Crippen molar-refractivity contribution in [2.24, 2.45) is 0 Å². The van der Waals surface area contributed by atoms with E-state index in [-0.39, 0.29) is 15.4 Å². The summed E-state index contributed by atoms with van der Waals surface area (Å²) >= 11 is 0. The fourth-order valence-electron chi connectivity index (χ4n) is 2.47. The first-order chi connectivity index (χ1) is 10.5. The van der Waals surface area contributed by atoms with Crippen LogP contribution >= 0.6 is 0 Å². The molecule has 4 heteroatoms. The fourth-order valence-corrected chi connectivity index (χ4v) is 3.99. The van der Waals surface area contributed by atoms with Crippen LogP contribution < -0.4 is 0 Å². The third kappa shape index (κ3) is 2.26. The Balaban J connectivity index is 2.25. The summed E-state index contributed by atoms with van der Waals surface area (Å²) in [5, 5.41) is 11.1. The predicted octanol–water partition coefficient (Wildman–Crippen LogP) is 3.85. The van der Waals surface area contributed by atoms with Crippen LogP contribution in [0.1, 0.15) is 11.1 Å². The van der Waals surface area contributed by atoms with Crippen molar-refractivity contribution in [3.8, 4) is 6.07 Å². The summed E-state index contributed by atoms with van der Waals surface area (Å²) in [5.74, 6) is 0. The summed E-state index contributed by atoms with van der Waals surface area (Å²) in [5.41, 5.74) is 0.861. The maximum Gasteiger partial charge on any atom is 0.207 e. The van der Waals surface area contributed by atoms with E-state index in [0.29, 0.717) is 5.56 Å². The van der Waals surface area contributed by atoms with Crippen LogP contribution in [0.5, 0.6) is 0 Å². The Morgan fingerprint density at radius 2 is 1.64 bits per heavy atom. The van der Waals surface area contributed by atoms with Gasteiger partial charge in [-0.25, -0.2) is 8.42 Å². The number of nitriles is 1. The molecule has 3 aromatic carbocycles. The van der Waals surface area contributed by atoms with E-state index in [1.165, 1.54) is 6.07 Å². The molecule has 0 fully saturated rings. The molecule has 0 saturated heterocycles. The Morgan fingerprint density at radius 3 is 2.36 bits per heavy atom. The quantitative estimate of drug-likeness (QED) is 0.722. The SMILES string of the molecule is Cc1cccc(S(=O)(=O)c2ccc3ccccc3c2)c1C#N. The number of fused-ring (bicyclic) bond motifs is 1. The van der Waals surface area contributed by atoms with E-state index in [0.717, 1.165) is 10.8 Å². The Hall–Kier alpha value is -2.64. The third-order valence-corrected chi connectivity index (χ3v) is 5.46. The number of hydrogen-bond donors (Lipinski definition) is 0. The van der Waals surface area contributed by atoms with Gasteiger partial charge in [0.05, 0.1) is 15.4 Å². The van der Waals surface area contributed by atoms with Gasteiger partial charge in [-0.3, -0.25) is 0 Å². The maximum absolute atomic E-state index is 12.9. The summed E-state index contributed by atoms with van der Waals surface area (Å²) in [4.78, 5) is 0.263. The molecular weight excluding hydrogens is 294 g/mol. The molecule has 3 nitrogen and oxygen atoms in total. The normalized spacial score (nSPS) is 11.3. The van der Waals surface area contributed by atoms with Gasteiger partial charge in [-0.2, -0.15) is 5.26 Å². The van der Waals surface area contributed by atoms with E-state index in [1.807, 2.05) is 30.3 Å². The van der Waals surface area contributed by atoms with Crippen molar-refractivity contribution < 1.29 is 8.42 Å². The number of rotatable bonds is 2. The molecule has 22 heavy (non-hydrogen) atoms. The minimum atomic E-state index is -3.72. The van der Waals surface area contributed by atoms with E-state index < -0.39 is 9.84 Å². The van der Waals surface area contributed by atoms with Gasteiger partial charge in [0.2, 0.25) is 9.84 Å². The summed E-state index contributed by atoms with van der Waals surface area (Å²) in [6.45, 7) is 1.73. The van der Waals surface area contributed by atoms with Crippen LogP contribution in [-0.2, 0) is 9.84 Å². The van der Waals surface area contributed by atoms with Gasteiger partial charge in [0.15, 0.2) is 0 Å². The summed E-state index contributed by atoms with van der Waals surface area (Å²) in [7, 11) is -3.72. The van der Waals surface area contributed by atoms with Gasteiger partial charge in [0, 0.05) is 0 Å². The smallest absolute Gasteiger partial charge is 0.207 e. The lowest BCUT2D eigenvalue weighted by Gasteiger charge is -2.09. The Labute approximate surface area is 129 Å². The second-order valence-electron chi connectivity index (χ2n) is 5.07. The monoisotopic (exact) mass is 307 g/mol.